The van der Waals surface area contributed by atoms with Crippen LogP contribution in [0.15, 0.2) is 39.2 Å². The molecule has 0 saturated heterocycles. The molecule has 0 spiro atoms. The van der Waals surface area contributed by atoms with E-state index in [2.05, 4.69) is 27.2 Å². The predicted molar refractivity (Wildman–Crippen MR) is 68.7 cm³/mol. The zero-order chi connectivity index (χ0) is 12.3. The SMILES string of the molecule is C=C(Cl)CNS(=O)(=O)c1ccc(N)c(Br)c1. The summed E-state index contributed by atoms with van der Waals surface area (Å²) >= 11 is 8.63. The molecule has 0 unspecified atom stereocenters. The number of rotatable bonds is 4. The minimum Gasteiger partial charge on any atom is -0.398 e. The standard InChI is InChI=1S/C9H10BrClN2O2S/c1-6(11)5-13-16(14,15)7-2-3-9(12)8(10)4-7/h2-4,13H,1,5,12H2. The molecule has 1 rings (SSSR count). The number of hydrogen-bond acceptors (Lipinski definition) is 3. The summed E-state index contributed by atoms with van der Waals surface area (Å²) in [5, 5.41) is 0.220. The normalized spacial score (nSPS) is 11.4. The molecule has 88 valence electrons. The van der Waals surface area contributed by atoms with Crippen LogP contribution in [0, 0.1) is 0 Å². The van der Waals surface area contributed by atoms with Gasteiger partial charge in [-0.3, -0.25) is 0 Å². The largest absolute Gasteiger partial charge is 0.398 e. The van der Waals surface area contributed by atoms with Gasteiger partial charge in [0.25, 0.3) is 0 Å². The summed E-state index contributed by atoms with van der Waals surface area (Å²) in [4.78, 5) is 0.117. The molecule has 7 heteroatoms. The van der Waals surface area contributed by atoms with Crippen LogP contribution < -0.4 is 10.5 Å². The van der Waals surface area contributed by atoms with Crippen molar-refractivity contribution in [2.24, 2.45) is 0 Å². The number of sulfonamides is 1. The van der Waals surface area contributed by atoms with Crippen molar-refractivity contribution in [1.29, 1.82) is 0 Å². The highest BCUT2D eigenvalue weighted by Gasteiger charge is 2.14. The summed E-state index contributed by atoms with van der Waals surface area (Å²) in [6, 6.07) is 4.35. The van der Waals surface area contributed by atoms with E-state index in [-0.39, 0.29) is 16.5 Å². The quantitative estimate of drug-likeness (QED) is 0.832. The summed E-state index contributed by atoms with van der Waals surface area (Å²) in [6.45, 7) is 3.38. The molecule has 0 aliphatic rings. The van der Waals surface area contributed by atoms with Gasteiger partial charge < -0.3 is 5.73 Å². The molecular formula is C9H10BrClN2O2S. The van der Waals surface area contributed by atoms with Crippen LogP contribution in [0.1, 0.15) is 0 Å². The first-order valence-corrected chi connectivity index (χ1v) is 6.86. The van der Waals surface area contributed by atoms with Gasteiger partial charge in [0, 0.05) is 21.7 Å². The van der Waals surface area contributed by atoms with E-state index in [1.54, 1.807) is 0 Å². The van der Waals surface area contributed by atoms with Crippen molar-refractivity contribution in [3.05, 3.63) is 34.3 Å². The minimum absolute atomic E-state index is 0.00805. The van der Waals surface area contributed by atoms with Gasteiger partial charge in [0.2, 0.25) is 10.0 Å². The highest BCUT2D eigenvalue weighted by molar-refractivity contribution is 9.10. The monoisotopic (exact) mass is 324 g/mol. The summed E-state index contributed by atoms with van der Waals surface area (Å²) in [7, 11) is -3.58. The first-order valence-electron chi connectivity index (χ1n) is 4.21. The summed E-state index contributed by atoms with van der Waals surface area (Å²) in [5.41, 5.74) is 6.03. The van der Waals surface area contributed by atoms with Crippen molar-refractivity contribution >= 4 is 43.2 Å². The van der Waals surface area contributed by atoms with E-state index in [1.165, 1.54) is 18.2 Å². The van der Waals surface area contributed by atoms with Crippen molar-refractivity contribution in [2.75, 3.05) is 12.3 Å². The highest BCUT2D eigenvalue weighted by Crippen LogP contribution is 2.22. The fourth-order valence-corrected chi connectivity index (χ4v) is 2.66. The van der Waals surface area contributed by atoms with E-state index in [0.29, 0.717) is 10.2 Å². The maximum Gasteiger partial charge on any atom is 0.240 e. The number of nitrogens with one attached hydrogen (secondary N) is 1. The van der Waals surface area contributed by atoms with E-state index >= 15 is 0 Å². The Morgan fingerprint density at radius 2 is 2.19 bits per heavy atom. The van der Waals surface area contributed by atoms with Crippen LogP contribution in [-0.4, -0.2) is 15.0 Å². The Morgan fingerprint density at radius 3 is 2.69 bits per heavy atom. The van der Waals surface area contributed by atoms with Gasteiger partial charge >= 0.3 is 0 Å². The van der Waals surface area contributed by atoms with E-state index in [0.717, 1.165) is 0 Å². The summed E-state index contributed by atoms with van der Waals surface area (Å²) in [6.07, 6.45) is 0. The highest BCUT2D eigenvalue weighted by atomic mass is 79.9. The lowest BCUT2D eigenvalue weighted by Gasteiger charge is -2.07. The average Bonchev–Trinajstić information content (AvgIpc) is 2.19. The zero-order valence-corrected chi connectivity index (χ0v) is 11.4. The van der Waals surface area contributed by atoms with Gasteiger partial charge in [0.05, 0.1) is 4.90 Å². The van der Waals surface area contributed by atoms with Crippen molar-refractivity contribution in [3.8, 4) is 0 Å². The molecule has 4 nitrogen and oxygen atoms in total. The number of halogens is 2. The molecule has 0 atom stereocenters. The Hall–Kier alpha value is -0.560. The second kappa shape index (κ2) is 5.18. The zero-order valence-electron chi connectivity index (χ0n) is 8.20. The first-order chi connectivity index (χ1) is 7.33. The van der Waals surface area contributed by atoms with E-state index in [9.17, 15) is 8.42 Å². The van der Waals surface area contributed by atoms with Gasteiger partial charge in [-0.05, 0) is 34.1 Å². The maximum absolute atomic E-state index is 11.7. The molecule has 0 radical (unpaired) electrons. The van der Waals surface area contributed by atoms with Crippen LogP contribution in [0.2, 0.25) is 0 Å². The molecule has 0 aliphatic heterocycles. The number of nitrogen functional groups attached to an aromatic ring is 1. The van der Waals surface area contributed by atoms with Crippen LogP contribution in [-0.2, 0) is 10.0 Å². The van der Waals surface area contributed by atoms with Crippen molar-refractivity contribution in [3.63, 3.8) is 0 Å². The number of nitrogens with two attached hydrogens (primary N) is 1. The Kier molecular flexibility index (Phi) is 4.37. The lowest BCUT2D eigenvalue weighted by molar-refractivity contribution is 0.585. The molecular weight excluding hydrogens is 316 g/mol. The Bertz CT molecular complexity index is 516. The Balaban J connectivity index is 2.99. The first kappa shape index (κ1) is 13.5. The van der Waals surface area contributed by atoms with Crippen molar-refractivity contribution < 1.29 is 8.42 Å². The smallest absolute Gasteiger partial charge is 0.240 e. The van der Waals surface area contributed by atoms with Crippen molar-refractivity contribution in [1.82, 2.24) is 4.72 Å². The summed E-state index contributed by atoms with van der Waals surface area (Å²) < 4.78 is 26.3. The van der Waals surface area contributed by atoms with Gasteiger partial charge in [0.1, 0.15) is 0 Å². The van der Waals surface area contributed by atoms with Crippen LogP contribution in [0.3, 0.4) is 0 Å². The van der Waals surface area contributed by atoms with Crippen LogP contribution >= 0.6 is 27.5 Å². The fraction of sp³-hybridized carbons (Fsp3) is 0.111. The third-order valence-corrected chi connectivity index (χ3v) is 3.96. The second-order valence-corrected chi connectivity index (χ2v) is 6.18. The Morgan fingerprint density at radius 1 is 1.56 bits per heavy atom. The maximum atomic E-state index is 11.7. The molecule has 0 heterocycles. The molecule has 0 aliphatic carbocycles. The van der Waals surface area contributed by atoms with Gasteiger partial charge in [-0.25, -0.2) is 13.1 Å². The molecule has 0 amide bonds. The molecule has 3 N–H and O–H groups in total. The molecule has 0 aromatic heterocycles. The predicted octanol–water partition coefficient (Wildman–Crippen LogP) is 2.06. The molecule has 16 heavy (non-hydrogen) atoms. The van der Waals surface area contributed by atoms with E-state index in [1.807, 2.05) is 0 Å². The molecule has 0 fully saturated rings. The summed E-state index contributed by atoms with van der Waals surface area (Å²) in [5.74, 6) is 0. The van der Waals surface area contributed by atoms with Gasteiger partial charge in [-0.15, -0.1) is 0 Å². The van der Waals surface area contributed by atoms with E-state index < -0.39 is 10.0 Å². The second-order valence-electron chi connectivity index (χ2n) is 3.03. The molecule has 1 aromatic carbocycles. The van der Waals surface area contributed by atoms with Gasteiger partial charge in [-0.1, -0.05) is 18.2 Å². The van der Waals surface area contributed by atoms with Gasteiger partial charge in [-0.2, -0.15) is 0 Å². The number of hydrogen-bond donors (Lipinski definition) is 2. The lowest BCUT2D eigenvalue weighted by atomic mass is 10.3. The van der Waals surface area contributed by atoms with Gasteiger partial charge in [0.15, 0.2) is 0 Å². The average molecular weight is 326 g/mol. The number of benzene rings is 1. The molecule has 0 bridgehead atoms. The molecule has 0 saturated carbocycles. The number of anilines is 1. The minimum atomic E-state index is -3.58. The van der Waals surface area contributed by atoms with Crippen LogP contribution in [0.25, 0.3) is 0 Å². The van der Waals surface area contributed by atoms with Crippen LogP contribution in [0.4, 0.5) is 5.69 Å². The third-order valence-electron chi connectivity index (χ3n) is 1.74. The molecule has 1 aromatic rings. The van der Waals surface area contributed by atoms with Crippen LogP contribution in [0.5, 0.6) is 0 Å². The topological polar surface area (TPSA) is 72.2 Å². The van der Waals surface area contributed by atoms with E-state index in [4.69, 9.17) is 17.3 Å². The van der Waals surface area contributed by atoms with Crippen molar-refractivity contribution in [2.45, 2.75) is 4.90 Å². The fourth-order valence-electron chi connectivity index (χ4n) is 0.932. The Labute approximate surface area is 108 Å². The lowest BCUT2D eigenvalue weighted by Crippen LogP contribution is -2.24. The third kappa shape index (κ3) is 3.48.